The highest BCUT2D eigenvalue weighted by molar-refractivity contribution is 5.44. The number of anilines is 1. The lowest BCUT2D eigenvalue weighted by Crippen LogP contribution is -2.21. The SMILES string of the molecule is C=C(C)CN(C)c1ccc2nnnn2n1. The molecule has 15 heavy (non-hydrogen) atoms. The third-order valence-electron chi connectivity index (χ3n) is 1.95. The quantitative estimate of drug-likeness (QED) is 0.682. The predicted molar refractivity (Wildman–Crippen MR) is 56.7 cm³/mol. The van der Waals surface area contributed by atoms with Crippen LogP contribution in [-0.4, -0.2) is 38.8 Å². The van der Waals surface area contributed by atoms with Crippen molar-refractivity contribution in [2.75, 3.05) is 18.5 Å². The van der Waals surface area contributed by atoms with E-state index in [4.69, 9.17) is 0 Å². The van der Waals surface area contributed by atoms with E-state index in [1.54, 1.807) is 0 Å². The molecule has 0 atom stereocenters. The molecule has 0 amide bonds. The van der Waals surface area contributed by atoms with Gasteiger partial charge in [-0.3, -0.25) is 0 Å². The summed E-state index contributed by atoms with van der Waals surface area (Å²) in [7, 11) is 1.95. The molecule has 0 saturated heterocycles. The number of fused-ring (bicyclic) bond motifs is 1. The van der Waals surface area contributed by atoms with Crippen molar-refractivity contribution in [3.8, 4) is 0 Å². The molecule has 0 aromatic carbocycles. The molecule has 0 saturated carbocycles. The third-order valence-corrected chi connectivity index (χ3v) is 1.95. The summed E-state index contributed by atoms with van der Waals surface area (Å²) in [6.07, 6.45) is 0. The molecule has 0 spiro atoms. The van der Waals surface area contributed by atoms with Gasteiger partial charge in [0.15, 0.2) is 11.5 Å². The topological polar surface area (TPSA) is 59.2 Å². The molecule has 0 bridgehead atoms. The first kappa shape index (κ1) is 9.57. The number of hydrogen-bond acceptors (Lipinski definition) is 5. The number of likely N-dealkylation sites (N-methyl/N-ethyl adjacent to an activating group) is 1. The Labute approximate surface area is 87.2 Å². The third kappa shape index (κ3) is 1.93. The Morgan fingerprint density at radius 2 is 2.33 bits per heavy atom. The second kappa shape index (κ2) is 3.64. The summed E-state index contributed by atoms with van der Waals surface area (Å²) in [5.41, 5.74) is 1.72. The van der Waals surface area contributed by atoms with Gasteiger partial charge in [-0.1, -0.05) is 12.2 Å². The lowest BCUT2D eigenvalue weighted by atomic mass is 10.3. The molecule has 0 aliphatic rings. The highest BCUT2D eigenvalue weighted by Crippen LogP contribution is 2.09. The fourth-order valence-corrected chi connectivity index (χ4v) is 1.33. The molecule has 0 fully saturated rings. The van der Waals surface area contributed by atoms with E-state index in [9.17, 15) is 0 Å². The minimum Gasteiger partial charge on any atom is -0.354 e. The van der Waals surface area contributed by atoms with Gasteiger partial charge in [-0.05, 0) is 29.5 Å². The summed E-state index contributed by atoms with van der Waals surface area (Å²) < 4.78 is 1.41. The van der Waals surface area contributed by atoms with Crippen molar-refractivity contribution in [1.29, 1.82) is 0 Å². The largest absolute Gasteiger partial charge is 0.354 e. The van der Waals surface area contributed by atoms with Crippen LogP contribution in [0.25, 0.3) is 5.65 Å². The summed E-state index contributed by atoms with van der Waals surface area (Å²) in [6.45, 7) is 6.60. The van der Waals surface area contributed by atoms with Gasteiger partial charge in [0.2, 0.25) is 0 Å². The maximum Gasteiger partial charge on any atom is 0.200 e. The van der Waals surface area contributed by atoms with E-state index in [2.05, 4.69) is 27.2 Å². The average Bonchev–Trinajstić information content (AvgIpc) is 2.62. The summed E-state index contributed by atoms with van der Waals surface area (Å²) in [5, 5.41) is 15.3. The van der Waals surface area contributed by atoms with Gasteiger partial charge in [0.1, 0.15) is 0 Å². The monoisotopic (exact) mass is 204 g/mol. The molecule has 2 heterocycles. The summed E-state index contributed by atoms with van der Waals surface area (Å²) >= 11 is 0. The Hall–Kier alpha value is -1.98. The second-order valence-corrected chi connectivity index (χ2v) is 3.53. The van der Waals surface area contributed by atoms with E-state index >= 15 is 0 Å². The van der Waals surface area contributed by atoms with Crippen LogP contribution in [0.1, 0.15) is 6.92 Å². The number of hydrogen-bond donors (Lipinski definition) is 0. The van der Waals surface area contributed by atoms with E-state index in [1.807, 2.05) is 31.0 Å². The normalized spacial score (nSPS) is 10.5. The fraction of sp³-hybridized carbons (Fsp3) is 0.333. The van der Waals surface area contributed by atoms with Crippen molar-refractivity contribution in [1.82, 2.24) is 25.3 Å². The van der Waals surface area contributed by atoms with Crippen LogP contribution >= 0.6 is 0 Å². The van der Waals surface area contributed by atoms with Crippen LogP contribution < -0.4 is 4.90 Å². The lowest BCUT2D eigenvalue weighted by molar-refractivity contribution is 0.724. The van der Waals surface area contributed by atoms with E-state index in [0.29, 0.717) is 5.65 Å². The molecule has 2 aromatic heterocycles. The van der Waals surface area contributed by atoms with Gasteiger partial charge >= 0.3 is 0 Å². The standard InChI is InChI=1S/C9H12N6/c1-7(2)6-14(3)9-5-4-8-10-12-13-15(8)11-9/h4-5H,1,6H2,2-3H3. The van der Waals surface area contributed by atoms with Gasteiger partial charge in [-0.2, -0.15) is 0 Å². The molecule has 78 valence electrons. The molecule has 2 aromatic rings. The van der Waals surface area contributed by atoms with Gasteiger partial charge in [-0.15, -0.1) is 14.8 Å². The van der Waals surface area contributed by atoms with Gasteiger partial charge in [0, 0.05) is 13.6 Å². The average molecular weight is 204 g/mol. The molecule has 2 rings (SSSR count). The molecule has 0 N–H and O–H groups in total. The lowest BCUT2D eigenvalue weighted by Gasteiger charge is -2.17. The van der Waals surface area contributed by atoms with E-state index in [-0.39, 0.29) is 0 Å². The Bertz CT molecular complexity index is 488. The zero-order chi connectivity index (χ0) is 10.8. The Balaban J connectivity index is 2.30. The van der Waals surface area contributed by atoms with Crippen LogP contribution in [0, 0.1) is 0 Å². The van der Waals surface area contributed by atoms with Crippen molar-refractivity contribution in [2.45, 2.75) is 6.92 Å². The minimum atomic E-state index is 0.641. The smallest absolute Gasteiger partial charge is 0.200 e. The zero-order valence-corrected chi connectivity index (χ0v) is 8.75. The predicted octanol–water partition coefficient (Wildman–Crippen LogP) is 0.532. The first-order chi connectivity index (χ1) is 7.16. The number of aromatic nitrogens is 5. The van der Waals surface area contributed by atoms with Crippen molar-refractivity contribution in [3.05, 3.63) is 24.3 Å². The van der Waals surface area contributed by atoms with Crippen molar-refractivity contribution >= 4 is 11.5 Å². The first-order valence-corrected chi connectivity index (χ1v) is 4.58. The highest BCUT2D eigenvalue weighted by atomic mass is 15.6. The number of nitrogens with zero attached hydrogens (tertiary/aromatic N) is 6. The van der Waals surface area contributed by atoms with Crippen molar-refractivity contribution in [2.24, 2.45) is 0 Å². The van der Waals surface area contributed by atoms with Gasteiger partial charge < -0.3 is 4.90 Å². The maximum absolute atomic E-state index is 4.25. The molecule has 0 unspecified atom stereocenters. The van der Waals surface area contributed by atoms with Crippen molar-refractivity contribution in [3.63, 3.8) is 0 Å². The first-order valence-electron chi connectivity index (χ1n) is 4.58. The molecule has 6 heteroatoms. The van der Waals surface area contributed by atoms with E-state index < -0.39 is 0 Å². The Morgan fingerprint density at radius 3 is 3.07 bits per heavy atom. The number of tetrazole rings is 1. The summed E-state index contributed by atoms with van der Waals surface area (Å²) in [5.74, 6) is 0.817. The van der Waals surface area contributed by atoms with Crippen LogP contribution in [0.5, 0.6) is 0 Å². The molecule has 0 radical (unpaired) electrons. The van der Waals surface area contributed by atoms with E-state index in [0.717, 1.165) is 17.9 Å². The fourth-order valence-electron chi connectivity index (χ4n) is 1.33. The van der Waals surface area contributed by atoms with Crippen molar-refractivity contribution < 1.29 is 0 Å². The Morgan fingerprint density at radius 1 is 1.53 bits per heavy atom. The molecular formula is C9H12N6. The second-order valence-electron chi connectivity index (χ2n) is 3.53. The van der Waals surface area contributed by atoms with Gasteiger partial charge in [0.05, 0.1) is 0 Å². The zero-order valence-electron chi connectivity index (χ0n) is 8.75. The minimum absolute atomic E-state index is 0.641. The summed E-state index contributed by atoms with van der Waals surface area (Å²) in [4.78, 5) is 1.99. The molecular weight excluding hydrogens is 192 g/mol. The summed E-state index contributed by atoms with van der Waals surface area (Å²) in [6, 6.07) is 3.71. The van der Waals surface area contributed by atoms with Crippen LogP contribution in [0.15, 0.2) is 24.3 Å². The number of rotatable bonds is 3. The van der Waals surface area contributed by atoms with E-state index in [1.165, 1.54) is 4.63 Å². The molecule has 0 aliphatic carbocycles. The van der Waals surface area contributed by atoms with Crippen LogP contribution in [0.3, 0.4) is 0 Å². The molecule has 6 nitrogen and oxygen atoms in total. The van der Waals surface area contributed by atoms with Gasteiger partial charge in [-0.25, -0.2) is 0 Å². The molecule has 0 aliphatic heterocycles. The van der Waals surface area contributed by atoms with Gasteiger partial charge in [0.25, 0.3) is 0 Å². The van der Waals surface area contributed by atoms with Crippen LogP contribution in [-0.2, 0) is 0 Å². The van der Waals surface area contributed by atoms with Crippen LogP contribution in [0.4, 0.5) is 5.82 Å². The Kier molecular flexibility index (Phi) is 2.32. The van der Waals surface area contributed by atoms with Crippen LogP contribution in [0.2, 0.25) is 0 Å². The maximum atomic E-state index is 4.25. The highest BCUT2D eigenvalue weighted by Gasteiger charge is 2.05.